The Bertz CT molecular complexity index is 3300. The van der Waals surface area contributed by atoms with Crippen LogP contribution in [0.15, 0.2) is 188 Å². The predicted molar refractivity (Wildman–Crippen MR) is 265 cm³/mol. The smallest absolute Gasteiger partial charge is 0.0158 e. The number of rotatable bonds is 5. The van der Waals surface area contributed by atoms with Crippen LogP contribution in [-0.4, -0.2) is 0 Å². The molecule has 0 radical (unpaired) electrons. The van der Waals surface area contributed by atoms with Crippen LogP contribution in [-0.2, 0) is 18.3 Å². The van der Waals surface area contributed by atoms with Crippen molar-refractivity contribution in [2.24, 2.45) is 0 Å². The molecule has 0 heteroatoms. The SMILES string of the molecule is C=C(/C=C1\C(=C/C)c2ccccc2C1(C)C)c1c2c(c(-c3c4c(c(-c5cc6ccccc6cc5-c5ccccc5)c5ccccc35)CC=CC=C4)c3ccccc13)C=CCC2. The first kappa shape index (κ1) is 37.0. The molecule has 3 aliphatic carbocycles. The molecule has 0 spiro atoms. The van der Waals surface area contributed by atoms with Crippen molar-refractivity contribution < 1.29 is 0 Å². The second-order valence-corrected chi connectivity index (χ2v) is 17.4. The Hall–Kier alpha value is -7.02. The molecule has 0 amide bonds. The Morgan fingerprint density at radius 3 is 1.92 bits per heavy atom. The molecule has 0 fully saturated rings. The molecule has 3 aliphatic rings. The molecule has 292 valence electrons. The minimum absolute atomic E-state index is 0.138. The molecule has 11 rings (SSSR count). The van der Waals surface area contributed by atoms with Crippen LogP contribution in [0.2, 0.25) is 0 Å². The third-order valence-corrected chi connectivity index (χ3v) is 13.7. The molecule has 0 nitrogen and oxygen atoms in total. The molecule has 0 aliphatic heterocycles. The van der Waals surface area contributed by atoms with Gasteiger partial charge in [0.15, 0.2) is 0 Å². The van der Waals surface area contributed by atoms with Crippen LogP contribution in [0.1, 0.15) is 66.1 Å². The fourth-order valence-electron chi connectivity index (χ4n) is 10.9. The molecule has 0 heterocycles. The quantitative estimate of drug-likeness (QED) is 0.163. The lowest BCUT2D eigenvalue weighted by molar-refractivity contribution is 0.661. The average molecular weight is 781 g/mol. The molecule has 8 aromatic rings. The van der Waals surface area contributed by atoms with E-state index in [0.29, 0.717) is 0 Å². The van der Waals surface area contributed by atoms with Crippen LogP contribution in [0.5, 0.6) is 0 Å². The van der Waals surface area contributed by atoms with E-state index in [-0.39, 0.29) is 5.41 Å². The fourth-order valence-corrected chi connectivity index (χ4v) is 10.9. The van der Waals surface area contributed by atoms with E-state index in [1.807, 2.05) is 0 Å². The summed E-state index contributed by atoms with van der Waals surface area (Å²) >= 11 is 0. The van der Waals surface area contributed by atoms with Gasteiger partial charge in [-0.25, -0.2) is 0 Å². The Morgan fingerprint density at radius 1 is 0.574 bits per heavy atom. The van der Waals surface area contributed by atoms with Gasteiger partial charge in [-0.2, -0.15) is 0 Å². The van der Waals surface area contributed by atoms with E-state index in [4.69, 9.17) is 6.58 Å². The molecule has 0 N–H and O–H groups in total. The van der Waals surface area contributed by atoms with Crippen molar-refractivity contribution >= 4 is 55.6 Å². The van der Waals surface area contributed by atoms with E-state index in [0.717, 1.165) is 24.8 Å². The van der Waals surface area contributed by atoms with Gasteiger partial charge in [0.05, 0.1) is 0 Å². The zero-order valence-electron chi connectivity index (χ0n) is 35.2. The summed E-state index contributed by atoms with van der Waals surface area (Å²) < 4.78 is 0. The highest BCUT2D eigenvalue weighted by molar-refractivity contribution is 6.19. The number of allylic oxidation sites excluding steroid dienone is 9. The molecular formula is C61H48. The number of fused-ring (bicyclic) bond motifs is 6. The maximum Gasteiger partial charge on any atom is 0.0158 e. The maximum atomic E-state index is 4.93. The van der Waals surface area contributed by atoms with Gasteiger partial charge in [0.2, 0.25) is 0 Å². The first-order chi connectivity index (χ1) is 29.9. The second kappa shape index (κ2) is 14.6. The molecule has 0 atom stereocenters. The third-order valence-electron chi connectivity index (χ3n) is 13.7. The summed E-state index contributed by atoms with van der Waals surface area (Å²) in [7, 11) is 0. The minimum Gasteiger partial charge on any atom is -0.0911 e. The van der Waals surface area contributed by atoms with Gasteiger partial charge in [0.25, 0.3) is 0 Å². The van der Waals surface area contributed by atoms with E-state index in [1.54, 1.807) is 0 Å². The number of benzene rings is 8. The first-order valence-electron chi connectivity index (χ1n) is 21.9. The largest absolute Gasteiger partial charge is 0.0911 e. The lowest BCUT2D eigenvalue weighted by Gasteiger charge is -2.28. The molecule has 0 bridgehead atoms. The fraction of sp³-hybridized carbons (Fsp3) is 0.115. The number of hydrogen-bond donors (Lipinski definition) is 0. The lowest BCUT2D eigenvalue weighted by Crippen LogP contribution is -2.15. The summed E-state index contributed by atoms with van der Waals surface area (Å²) in [4.78, 5) is 0. The van der Waals surface area contributed by atoms with E-state index in [9.17, 15) is 0 Å². The van der Waals surface area contributed by atoms with E-state index in [2.05, 4.69) is 209 Å². The summed E-state index contributed by atoms with van der Waals surface area (Å²) in [5, 5.41) is 7.60. The van der Waals surface area contributed by atoms with Gasteiger partial charge in [0.1, 0.15) is 0 Å². The Kier molecular flexibility index (Phi) is 8.87. The van der Waals surface area contributed by atoms with Gasteiger partial charge in [-0.3, -0.25) is 0 Å². The van der Waals surface area contributed by atoms with Crippen molar-refractivity contribution in [2.45, 2.75) is 45.4 Å². The lowest BCUT2D eigenvalue weighted by atomic mass is 9.75. The van der Waals surface area contributed by atoms with Crippen molar-refractivity contribution in [1.29, 1.82) is 0 Å². The molecule has 0 saturated carbocycles. The summed E-state index contributed by atoms with van der Waals surface area (Å²) in [6.45, 7) is 11.8. The minimum atomic E-state index is -0.138. The molecule has 0 unspecified atom stereocenters. The van der Waals surface area contributed by atoms with Gasteiger partial charge in [-0.05, 0) is 160 Å². The Labute approximate surface area is 359 Å². The summed E-state index contributed by atoms with van der Waals surface area (Å²) in [6.07, 6.45) is 21.5. The van der Waals surface area contributed by atoms with Crippen molar-refractivity contribution in [3.63, 3.8) is 0 Å². The van der Waals surface area contributed by atoms with Crippen LogP contribution < -0.4 is 0 Å². The zero-order chi connectivity index (χ0) is 41.2. The summed E-state index contributed by atoms with van der Waals surface area (Å²) in [5.74, 6) is 0. The molecule has 0 saturated heterocycles. The van der Waals surface area contributed by atoms with Crippen LogP contribution in [0.3, 0.4) is 0 Å². The Morgan fingerprint density at radius 2 is 1.18 bits per heavy atom. The predicted octanol–water partition coefficient (Wildman–Crippen LogP) is 16.6. The van der Waals surface area contributed by atoms with Crippen LogP contribution in [0.25, 0.3) is 89.0 Å². The van der Waals surface area contributed by atoms with Crippen LogP contribution >= 0.6 is 0 Å². The highest BCUT2D eigenvalue weighted by Gasteiger charge is 2.38. The van der Waals surface area contributed by atoms with Crippen molar-refractivity contribution in [3.8, 4) is 33.4 Å². The van der Waals surface area contributed by atoms with Crippen LogP contribution in [0.4, 0.5) is 0 Å². The first-order valence-corrected chi connectivity index (χ1v) is 21.9. The molecule has 61 heavy (non-hydrogen) atoms. The maximum absolute atomic E-state index is 4.93. The molecule has 8 aromatic carbocycles. The van der Waals surface area contributed by atoms with Gasteiger partial charge in [-0.15, -0.1) is 0 Å². The number of hydrogen-bond acceptors (Lipinski definition) is 0. The van der Waals surface area contributed by atoms with E-state index >= 15 is 0 Å². The van der Waals surface area contributed by atoms with Crippen molar-refractivity contribution in [2.75, 3.05) is 0 Å². The van der Waals surface area contributed by atoms with Gasteiger partial charge in [0, 0.05) is 5.41 Å². The summed E-state index contributed by atoms with van der Waals surface area (Å²) in [6, 6.07) is 51.8. The van der Waals surface area contributed by atoms with Crippen LogP contribution in [0, 0.1) is 0 Å². The van der Waals surface area contributed by atoms with Gasteiger partial charge < -0.3 is 0 Å². The van der Waals surface area contributed by atoms with Crippen molar-refractivity contribution in [3.05, 3.63) is 227 Å². The van der Waals surface area contributed by atoms with E-state index < -0.39 is 0 Å². The second-order valence-electron chi connectivity index (χ2n) is 17.4. The monoisotopic (exact) mass is 780 g/mol. The van der Waals surface area contributed by atoms with Crippen molar-refractivity contribution in [1.82, 2.24) is 0 Å². The molecule has 0 aromatic heterocycles. The zero-order valence-corrected chi connectivity index (χ0v) is 35.2. The summed E-state index contributed by atoms with van der Waals surface area (Å²) in [5.41, 5.74) is 20.7. The third kappa shape index (κ3) is 5.81. The normalized spacial score (nSPS) is 16.3. The van der Waals surface area contributed by atoms with Gasteiger partial charge >= 0.3 is 0 Å². The van der Waals surface area contributed by atoms with E-state index in [1.165, 1.54) is 116 Å². The standard InChI is InChI=1S/C61H48/c1-5-43-44-26-20-21-35-55(44)61(3,4)56(43)36-39(2)57-45-29-14-17-32-49(45)59(50-33-18-15-30-46(50)57)60-51-28-11-7-10-27-47(51)58(48-31-16-19-34-52(48)60)54-38-42-25-13-12-24-41(42)37-53(54)40-22-8-6-9-23-40/h5-14,16-26,28-29,31-38H,2,15,27,30H2,1,3-4H3/b43-5-,56-36+. The highest BCUT2D eigenvalue weighted by atomic mass is 14.4. The topological polar surface area (TPSA) is 0 Å². The van der Waals surface area contributed by atoms with Gasteiger partial charge in [-0.1, -0.05) is 196 Å². The highest BCUT2D eigenvalue weighted by Crippen LogP contribution is 2.53. The average Bonchev–Trinajstić information content (AvgIpc) is 3.41. The molecular weight excluding hydrogens is 733 g/mol. The Balaban J connectivity index is 1.21.